The van der Waals surface area contributed by atoms with Crippen LogP contribution in [0.15, 0.2) is 42.5 Å². The molecule has 0 radical (unpaired) electrons. The lowest BCUT2D eigenvalue weighted by Gasteiger charge is -2.14. The largest absolute Gasteiger partial charge is 0.355 e. The summed E-state index contributed by atoms with van der Waals surface area (Å²) in [6, 6.07) is 14.9. The van der Waals surface area contributed by atoms with Crippen molar-refractivity contribution in [2.45, 2.75) is 19.9 Å². The van der Waals surface area contributed by atoms with E-state index in [1.165, 1.54) is 16.3 Å². The molecule has 0 aromatic heterocycles. The van der Waals surface area contributed by atoms with E-state index in [-0.39, 0.29) is 11.9 Å². The van der Waals surface area contributed by atoms with Crippen molar-refractivity contribution in [2.75, 3.05) is 13.1 Å². The number of hydrogen-bond donors (Lipinski definition) is 2. The van der Waals surface area contributed by atoms with Crippen LogP contribution in [0.5, 0.6) is 0 Å². The second kappa shape index (κ2) is 6.34. The van der Waals surface area contributed by atoms with Crippen molar-refractivity contribution in [3.05, 3.63) is 48.0 Å². The minimum Gasteiger partial charge on any atom is -0.355 e. The van der Waals surface area contributed by atoms with Crippen LogP contribution >= 0.6 is 0 Å². The van der Waals surface area contributed by atoms with E-state index >= 15 is 0 Å². The zero-order chi connectivity index (χ0) is 13.7. The smallest absolute Gasteiger partial charge is 0.233 e. The molecule has 0 aliphatic rings. The number of carbonyl (C=O) groups is 1. The first-order valence-corrected chi connectivity index (χ1v) is 6.69. The number of rotatable bonds is 5. The van der Waals surface area contributed by atoms with Gasteiger partial charge in [0.25, 0.3) is 0 Å². The van der Waals surface area contributed by atoms with Gasteiger partial charge in [0.05, 0.1) is 6.54 Å². The topological polar surface area (TPSA) is 41.1 Å². The Kier molecular flexibility index (Phi) is 4.53. The van der Waals surface area contributed by atoms with Gasteiger partial charge < -0.3 is 10.6 Å². The fourth-order valence-electron chi connectivity index (χ4n) is 2.10. The van der Waals surface area contributed by atoms with Crippen LogP contribution < -0.4 is 10.6 Å². The summed E-state index contributed by atoms with van der Waals surface area (Å²) in [6.07, 6.45) is 0. The molecule has 0 unspecified atom stereocenters. The molecule has 3 heteroatoms. The lowest BCUT2D eigenvalue weighted by Crippen LogP contribution is -2.34. The first-order valence-electron chi connectivity index (χ1n) is 6.69. The molecule has 1 amide bonds. The molecule has 3 nitrogen and oxygen atoms in total. The fraction of sp³-hybridized carbons (Fsp3) is 0.312. The van der Waals surface area contributed by atoms with Gasteiger partial charge in [-0.3, -0.25) is 4.79 Å². The highest BCUT2D eigenvalue weighted by Gasteiger charge is 2.07. The zero-order valence-corrected chi connectivity index (χ0v) is 11.4. The van der Waals surface area contributed by atoms with Gasteiger partial charge in [0.15, 0.2) is 0 Å². The van der Waals surface area contributed by atoms with Crippen LogP contribution in [0, 0.1) is 0 Å². The number of likely N-dealkylation sites (N-methyl/N-ethyl adjacent to an activating group) is 1. The summed E-state index contributed by atoms with van der Waals surface area (Å²) < 4.78 is 0. The number of amides is 1. The minimum atomic E-state index is 0.0372. The van der Waals surface area contributed by atoms with Crippen molar-refractivity contribution in [1.29, 1.82) is 0 Å². The van der Waals surface area contributed by atoms with Gasteiger partial charge in [-0.25, -0.2) is 0 Å². The summed E-state index contributed by atoms with van der Waals surface area (Å²) in [7, 11) is 0. The van der Waals surface area contributed by atoms with Crippen molar-refractivity contribution in [3.63, 3.8) is 0 Å². The molecule has 100 valence electrons. The van der Waals surface area contributed by atoms with Gasteiger partial charge in [-0.2, -0.15) is 0 Å². The summed E-state index contributed by atoms with van der Waals surface area (Å²) in [6.45, 7) is 5.01. The molecule has 2 N–H and O–H groups in total. The normalized spacial score (nSPS) is 12.3. The molecule has 0 aliphatic heterocycles. The van der Waals surface area contributed by atoms with Gasteiger partial charge in [-0.1, -0.05) is 36.4 Å². The quantitative estimate of drug-likeness (QED) is 0.863. The Morgan fingerprint density at radius 2 is 1.89 bits per heavy atom. The predicted molar refractivity (Wildman–Crippen MR) is 79.0 cm³/mol. The Balaban J connectivity index is 2.04. The maximum Gasteiger partial charge on any atom is 0.233 e. The third-order valence-electron chi connectivity index (χ3n) is 3.22. The van der Waals surface area contributed by atoms with Gasteiger partial charge >= 0.3 is 0 Å². The highest BCUT2D eigenvalue weighted by atomic mass is 16.1. The van der Waals surface area contributed by atoms with Gasteiger partial charge in [0.2, 0.25) is 5.91 Å². The average Bonchev–Trinajstić information content (AvgIpc) is 2.44. The molecule has 0 spiro atoms. The lowest BCUT2D eigenvalue weighted by atomic mass is 10.0. The van der Waals surface area contributed by atoms with E-state index in [1.54, 1.807) is 0 Å². The Morgan fingerprint density at radius 3 is 2.63 bits per heavy atom. The van der Waals surface area contributed by atoms with E-state index in [0.29, 0.717) is 13.1 Å². The molecular formula is C16H20N2O. The van der Waals surface area contributed by atoms with Crippen molar-refractivity contribution in [3.8, 4) is 0 Å². The second-order valence-electron chi connectivity index (χ2n) is 4.66. The van der Waals surface area contributed by atoms with E-state index in [4.69, 9.17) is 0 Å². The highest BCUT2D eigenvalue weighted by molar-refractivity contribution is 5.83. The molecule has 2 rings (SSSR count). The van der Waals surface area contributed by atoms with Gasteiger partial charge in [-0.15, -0.1) is 0 Å². The zero-order valence-electron chi connectivity index (χ0n) is 11.4. The Bertz CT molecular complexity index is 565. The van der Waals surface area contributed by atoms with E-state index in [9.17, 15) is 4.79 Å². The summed E-state index contributed by atoms with van der Waals surface area (Å²) in [5.41, 5.74) is 1.20. The Labute approximate surface area is 114 Å². The minimum absolute atomic E-state index is 0.0372. The van der Waals surface area contributed by atoms with Crippen LogP contribution in [0.1, 0.15) is 25.5 Å². The maximum atomic E-state index is 11.4. The molecule has 2 aromatic rings. The SMILES string of the molecule is CCNC(=O)CN[C@H](C)c1ccc2ccccc2c1. The van der Waals surface area contributed by atoms with Crippen LogP contribution in [-0.2, 0) is 4.79 Å². The fourth-order valence-corrected chi connectivity index (χ4v) is 2.10. The van der Waals surface area contributed by atoms with Crippen LogP contribution in [0.3, 0.4) is 0 Å². The van der Waals surface area contributed by atoms with Gasteiger partial charge in [0, 0.05) is 12.6 Å². The molecule has 1 atom stereocenters. The van der Waals surface area contributed by atoms with Crippen molar-refractivity contribution in [2.24, 2.45) is 0 Å². The molecule has 2 aromatic carbocycles. The highest BCUT2D eigenvalue weighted by Crippen LogP contribution is 2.19. The van der Waals surface area contributed by atoms with E-state index in [2.05, 4.69) is 47.9 Å². The summed E-state index contributed by atoms with van der Waals surface area (Å²) in [5.74, 6) is 0.0372. The summed E-state index contributed by atoms with van der Waals surface area (Å²) >= 11 is 0. The van der Waals surface area contributed by atoms with Crippen LogP contribution in [-0.4, -0.2) is 19.0 Å². The number of nitrogens with one attached hydrogen (secondary N) is 2. The molecule has 0 heterocycles. The third-order valence-corrected chi connectivity index (χ3v) is 3.22. The van der Waals surface area contributed by atoms with Crippen molar-refractivity contribution >= 4 is 16.7 Å². The number of hydrogen-bond acceptors (Lipinski definition) is 2. The van der Waals surface area contributed by atoms with Crippen LogP contribution in [0.4, 0.5) is 0 Å². The monoisotopic (exact) mass is 256 g/mol. The number of fused-ring (bicyclic) bond motifs is 1. The average molecular weight is 256 g/mol. The molecule has 0 fully saturated rings. The van der Waals surface area contributed by atoms with Gasteiger partial charge in [0.1, 0.15) is 0 Å². The van der Waals surface area contributed by atoms with Crippen molar-refractivity contribution in [1.82, 2.24) is 10.6 Å². The molecule has 19 heavy (non-hydrogen) atoms. The Morgan fingerprint density at radius 1 is 1.16 bits per heavy atom. The van der Waals surface area contributed by atoms with E-state index in [1.807, 2.05) is 19.1 Å². The van der Waals surface area contributed by atoms with Crippen molar-refractivity contribution < 1.29 is 4.79 Å². The number of benzene rings is 2. The Hall–Kier alpha value is -1.87. The second-order valence-corrected chi connectivity index (χ2v) is 4.66. The first-order chi connectivity index (χ1) is 9.20. The maximum absolute atomic E-state index is 11.4. The van der Waals surface area contributed by atoms with Crippen LogP contribution in [0.2, 0.25) is 0 Å². The first kappa shape index (κ1) is 13.6. The molecular weight excluding hydrogens is 236 g/mol. The summed E-state index contributed by atoms with van der Waals surface area (Å²) in [5, 5.41) is 8.48. The lowest BCUT2D eigenvalue weighted by molar-refractivity contribution is -0.120. The summed E-state index contributed by atoms with van der Waals surface area (Å²) in [4.78, 5) is 11.4. The van der Waals surface area contributed by atoms with E-state index in [0.717, 1.165) is 0 Å². The van der Waals surface area contributed by atoms with E-state index < -0.39 is 0 Å². The molecule has 0 saturated heterocycles. The predicted octanol–water partition coefficient (Wildman–Crippen LogP) is 2.63. The number of carbonyl (C=O) groups excluding carboxylic acids is 1. The van der Waals surface area contributed by atoms with Crippen LogP contribution in [0.25, 0.3) is 10.8 Å². The molecule has 0 bridgehead atoms. The standard InChI is InChI=1S/C16H20N2O/c1-3-17-16(19)11-18-12(2)14-9-8-13-6-4-5-7-15(13)10-14/h4-10,12,18H,3,11H2,1-2H3,(H,17,19)/t12-/m1/s1. The molecule has 0 saturated carbocycles. The third kappa shape index (κ3) is 3.55. The van der Waals surface area contributed by atoms with Gasteiger partial charge in [-0.05, 0) is 36.2 Å². The molecule has 0 aliphatic carbocycles.